The van der Waals surface area contributed by atoms with Crippen LogP contribution in [0.25, 0.3) is 0 Å². The molecule has 2 saturated heterocycles. The maximum atomic E-state index is 12.8. The van der Waals surface area contributed by atoms with Crippen molar-refractivity contribution in [3.8, 4) is 0 Å². The molecule has 2 aliphatic rings. The summed E-state index contributed by atoms with van der Waals surface area (Å²) in [5.41, 5.74) is 0. The molecule has 1 N–H and O–H groups in total. The van der Waals surface area contributed by atoms with E-state index in [1.54, 1.807) is 0 Å². The molecule has 0 spiro atoms. The number of nitrogens with one attached hydrogen (secondary N) is 1. The second kappa shape index (κ2) is 6.83. The summed E-state index contributed by atoms with van der Waals surface area (Å²) in [4.78, 5) is 27.0. The van der Waals surface area contributed by atoms with Crippen molar-refractivity contribution in [1.29, 1.82) is 0 Å². The molecule has 0 aromatic carbocycles. The zero-order valence-corrected chi connectivity index (χ0v) is 13.5. The minimum atomic E-state index is -0.322. The van der Waals surface area contributed by atoms with E-state index in [0.29, 0.717) is 12.3 Å². The van der Waals surface area contributed by atoms with Crippen molar-refractivity contribution >= 4 is 23.6 Å². The average molecular weight is 298 g/mol. The van der Waals surface area contributed by atoms with Gasteiger partial charge in [0, 0.05) is 11.8 Å². The lowest BCUT2D eigenvalue weighted by molar-refractivity contribution is -0.152. The smallest absolute Gasteiger partial charge is 0.246 e. The number of hydrogen-bond donors (Lipinski definition) is 1. The molecule has 2 fully saturated rings. The topological polar surface area (TPSA) is 49.4 Å². The molecule has 2 amide bonds. The van der Waals surface area contributed by atoms with E-state index in [1.807, 2.05) is 23.6 Å². The molecule has 3 unspecified atom stereocenters. The van der Waals surface area contributed by atoms with Crippen LogP contribution in [0.15, 0.2) is 0 Å². The molecule has 0 saturated carbocycles. The van der Waals surface area contributed by atoms with E-state index < -0.39 is 0 Å². The summed E-state index contributed by atoms with van der Waals surface area (Å²) in [6, 6.07) is -0.348. The minimum Gasteiger partial charge on any atom is -0.342 e. The third kappa shape index (κ3) is 3.30. The first-order valence-corrected chi connectivity index (χ1v) is 8.90. The van der Waals surface area contributed by atoms with E-state index in [9.17, 15) is 9.59 Å². The van der Waals surface area contributed by atoms with Gasteiger partial charge in [0.05, 0.1) is 0 Å². The van der Waals surface area contributed by atoms with E-state index in [0.717, 1.165) is 25.0 Å². The van der Waals surface area contributed by atoms with Gasteiger partial charge in [-0.1, -0.05) is 20.8 Å². The molecule has 0 aromatic heterocycles. The number of nitrogens with zero attached hydrogens (tertiary/aromatic N) is 1. The molecule has 2 rings (SSSR count). The third-order valence-electron chi connectivity index (χ3n) is 4.13. The van der Waals surface area contributed by atoms with Crippen molar-refractivity contribution < 1.29 is 9.59 Å². The molecule has 5 heteroatoms. The molecule has 0 aliphatic carbocycles. The molecular formula is C15H26N2O2S. The second-order valence-electron chi connectivity index (χ2n) is 6.23. The van der Waals surface area contributed by atoms with Gasteiger partial charge in [-0.25, -0.2) is 0 Å². The fourth-order valence-corrected chi connectivity index (χ4v) is 4.32. The van der Waals surface area contributed by atoms with Crippen molar-refractivity contribution in [3.63, 3.8) is 0 Å². The zero-order chi connectivity index (χ0) is 14.7. The summed E-state index contributed by atoms with van der Waals surface area (Å²) in [7, 11) is 0. The maximum Gasteiger partial charge on any atom is 0.246 e. The van der Waals surface area contributed by atoms with Crippen LogP contribution in [-0.4, -0.2) is 46.3 Å². The first kappa shape index (κ1) is 15.7. The summed E-state index contributed by atoms with van der Waals surface area (Å²) < 4.78 is 0. The lowest BCUT2D eigenvalue weighted by atomic mass is 9.95. The molecule has 2 aliphatic heterocycles. The summed E-state index contributed by atoms with van der Waals surface area (Å²) in [5.74, 6) is 2.73. The van der Waals surface area contributed by atoms with Crippen molar-refractivity contribution in [2.75, 3.05) is 11.5 Å². The highest BCUT2D eigenvalue weighted by Crippen LogP contribution is 2.27. The monoisotopic (exact) mass is 298 g/mol. The summed E-state index contributed by atoms with van der Waals surface area (Å²) in [6.07, 6.45) is 3.62. The van der Waals surface area contributed by atoms with Crippen LogP contribution in [0.5, 0.6) is 0 Å². The number of amides is 2. The van der Waals surface area contributed by atoms with Crippen LogP contribution in [0.2, 0.25) is 0 Å². The first-order valence-electron chi connectivity index (χ1n) is 7.74. The van der Waals surface area contributed by atoms with Gasteiger partial charge in [-0.15, -0.1) is 0 Å². The minimum absolute atomic E-state index is 0.0355. The van der Waals surface area contributed by atoms with Gasteiger partial charge < -0.3 is 10.2 Å². The van der Waals surface area contributed by atoms with Gasteiger partial charge in [-0.3, -0.25) is 9.59 Å². The molecule has 20 heavy (non-hydrogen) atoms. The predicted molar refractivity (Wildman–Crippen MR) is 82.7 cm³/mol. The van der Waals surface area contributed by atoms with Crippen molar-refractivity contribution in [2.24, 2.45) is 5.92 Å². The normalized spacial score (nSPS) is 31.6. The summed E-state index contributed by atoms with van der Waals surface area (Å²) in [6.45, 7) is 6.17. The third-order valence-corrected chi connectivity index (χ3v) is 5.33. The average Bonchev–Trinajstić information content (AvgIpc) is 2.42. The van der Waals surface area contributed by atoms with Crippen molar-refractivity contribution in [2.45, 2.75) is 64.6 Å². The Bertz CT molecular complexity index is 367. The molecule has 0 aromatic rings. The van der Waals surface area contributed by atoms with Crippen molar-refractivity contribution in [1.82, 2.24) is 10.2 Å². The second-order valence-corrected chi connectivity index (χ2v) is 7.38. The van der Waals surface area contributed by atoms with E-state index in [-0.39, 0.29) is 29.9 Å². The highest BCUT2D eigenvalue weighted by atomic mass is 32.2. The van der Waals surface area contributed by atoms with Gasteiger partial charge in [0.2, 0.25) is 11.8 Å². The Labute approximate surface area is 126 Å². The Balaban J connectivity index is 2.17. The predicted octanol–water partition coefficient (Wildman–Crippen LogP) is 2.03. The van der Waals surface area contributed by atoms with Gasteiger partial charge >= 0.3 is 0 Å². The summed E-state index contributed by atoms with van der Waals surface area (Å²) in [5, 5.41) is 2.93. The van der Waals surface area contributed by atoms with Gasteiger partial charge in [-0.05, 0) is 37.4 Å². The Kier molecular flexibility index (Phi) is 5.35. The number of carbonyl (C=O) groups excluding carboxylic acids is 2. The summed E-state index contributed by atoms with van der Waals surface area (Å²) >= 11 is 1.90. The maximum absolute atomic E-state index is 12.8. The van der Waals surface area contributed by atoms with Gasteiger partial charge in [0.15, 0.2) is 0 Å². The van der Waals surface area contributed by atoms with Gasteiger partial charge in [0.1, 0.15) is 12.1 Å². The van der Waals surface area contributed by atoms with Crippen LogP contribution in [0, 0.1) is 5.92 Å². The number of piperazine rings is 1. The zero-order valence-electron chi connectivity index (χ0n) is 12.7. The SMILES string of the molecule is CCC1C(=O)NC(CC(C)C)C(=O)N1C1CCCSC1. The Morgan fingerprint density at radius 3 is 2.70 bits per heavy atom. The lowest BCUT2D eigenvalue weighted by Crippen LogP contribution is -2.66. The number of hydrogen-bond acceptors (Lipinski definition) is 3. The molecular weight excluding hydrogens is 272 g/mol. The van der Waals surface area contributed by atoms with Gasteiger partial charge in [-0.2, -0.15) is 11.8 Å². The molecule has 2 heterocycles. The lowest BCUT2D eigenvalue weighted by Gasteiger charge is -2.44. The Hall–Kier alpha value is -0.710. The van der Waals surface area contributed by atoms with Crippen LogP contribution in [0.1, 0.15) is 46.5 Å². The number of thioether (sulfide) groups is 1. The molecule has 114 valence electrons. The highest BCUT2D eigenvalue weighted by molar-refractivity contribution is 7.99. The Morgan fingerprint density at radius 1 is 1.40 bits per heavy atom. The number of carbonyl (C=O) groups is 2. The van der Waals surface area contributed by atoms with Crippen molar-refractivity contribution in [3.05, 3.63) is 0 Å². The van der Waals surface area contributed by atoms with E-state index in [4.69, 9.17) is 0 Å². The van der Waals surface area contributed by atoms with Crippen LogP contribution >= 0.6 is 11.8 Å². The van der Waals surface area contributed by atoms with Crippen LogP contribution in [-0.2, 0) is 9.59 Å². The molecule has 3 atom stereocenters. The van der Waals surface area contributed by atoms with Gasteiger partial charge in [0.25, 0.3) is 0 Å². The fourth-order valence-electron chi connectivity index (χ4n) is 3.18. The first-order chi connectivity index (χ1) is 9.54. The number of rotatable bonds is 4. The van der Waals surface area contributed by atoms with Crippen LogP contribution in [0.3, 0.4) is 0 Å². The van der Waals surface area contributed by atoms with Crippen LogP contribution < -0.4 is 5.32 Å². The standard InChI is InChI=1S/C15H26N2O2S/c1-4-13-14(18)16-12(8-10(2)3)15(19)17(13)11-6-5-7-20-9-11/h10-13H,4-9H2,1-3H3,(H,16,18). The largest absolute Gasteiger partial charge is 0.342 e. The Morgan fingerprint density at radius 2 is 2.15 bits per heavy atom. The van der Waals surface area contributed by atoms with E-state index >= 15 is 0 Å². The molecule has 0 radical (unpaired) electrons. The molecule has 4 nitrogen and oxygen atoms in total. The fraction of sp³-hybridized carbons (Fsp3) is 0.867. The molecule has 0 bridgehead atoms. The highest BCUT2D eigenvalue weighted by Gasteiger charge is 2.43. The van der Waals surface area contributed by atoms with E-state index in [1.165, 1.54) is 5.75 Å². The quantitative estimate of drug-likeness (QED) is 0.864. The van der Waals surface area contributed by atoms with Crippen LogP contribution in [0.4, 0.5) is 0 Å². The van der Waals surface area contributed by atoms with E-state index in [2.05, 4.69) is 19.2 Å².